The number of halogens is 1. The summed E-state index contributed by atoms with van der Waals surface area (Å²) in [6.07, 6.45) is 4.08. The summed E-state index contributed by atoms with van der Waals surface area (Å²) in [6, 6.07) is 4.41. The third-order valence-corrected chi connectivity index (χ3v) is 5.95. The second kappa shape index (κ2) is 9.38. The molecule has 0 radical (unpaired) electrons. The fourth-order valence-electron chi connectivity index (χ4n) is 3.07. The number of hydrogen-bond donors (Lipinski definition) is 3. The summed E-state index contributed by atoms with van der Waals surface area (Å²) in [4.78, 5) is 12.5. The number of rotatable bonds is 6. The molecule has 1 fully saturated rings. The van der Waals surface area contributed by atoms with Gasteiger partial charge in [-0.2, -0.15) is 0 Å². The summed E-state index contributed by atoms with van der Waals surface area (Å²) >= 11 is 0. The molecular formula is C16H26ClN3O4S. The smallest absolute Gasteiger partial charge is 0.251 e. The molecule has 0 aliphatic heterocycles. The number of nitrogens with two attached hydrogens (primary N) is 1. The van der Waals surface area contributed by atoms with Crippen LogP contribution in [-0.2, 0) is 10.0 Å². The fraction of sp³-hybridized carbons (Fsp3) is 0.562. The molecule has 1 aromatic rings. The normalized spacial score (nSPS) is 20.4. The largest absolute Gasteiger partial charge is 0.495 e. The molecule has 7 nitrogen and oxygen atoms in total. The average Bonchev–Trinajstić information content (AvgIpc) is 2.61. The Labute approximate surface area is 155 Å². The molecule has 25 heavy (non-hydrogen) atoms. The molecule has 1 amide bonds. The van der Waals surface area contributed by atoms with Gasteiger partial charge in [-0.1, -0.05) is 12.8 Å². The van der Waals surface area contributed by atoms with E-state index in [0.29, 0.717) is 6.54 Å². The van der Waals surface area contributed by atoms with Gasteiger partial charge in [-0.3, -0.25) is 4.79 Å². The van der Waals surface area contributed by atoms with Crippen LogP contribution < -0.4 is 20.5 Å². The van der Waals surface area contributed by atoms with Crippen LogP contribution in [0.4, 0.5) is 0 Å². The van der Waals surface area contributed by atoms with Gasteiger partial charge >= 0.3 is 0 Å². The lowest BCUT2D eigenvalue weighted by Gasteiger charge is -2.31. The molecule has 0 spiro atoms. The van der Waals surface area contributed by atoms with Crippen LogP contribution >= 0.6 is 12.4 Å². The molecule has 142 valence electrons. The molecule has 0 heterocycles. The van der Waals surface area contributed by atoms with Gasteiger partial charge in [-0.15, -0.1) is 12.4 Å². The van der Waals surface area contributed by atoms with Gasteiger partial charge in [0.15, 0.2) is 0 Å². The first-order chi connectivity index (χ1) is 11.4. The molecular weight excluding hydrogens is 366 g/mol. The van der Waals surface area contributed by atoms with Gasteiger partial charge in [0.1, 0.15) is 10.6 Å². The lowest BCUT2D eigenvalue weighted by atomic mass is 9.84. The Morgan fingerprint density at radius 2 is 2.00 bits per heavy atom. The molecule has 1 saturated carbocycles. The van der Waals surface area contributed by atoms with Crippen molar-refractivity contribution in [3.05, 3.63) is 23.8 Å². The number of sulfonamides is 1. The van der Waals surface area contributed by atoms with E-state index in [1.807, 2.05) is 0 Å². The highest BCUT2D eigenvalue weighted by Gasteiger charge is 2.26. The maximum Gasteiger partial charge on any atom is 0.251 e. The van der Waals surface area contributed by atoms with Crippen LogP contribution in [0.25, 0.3) is 0 Å². The molecule has 2 unspecified atom stereocenters. The van der Waals surface area contributed by atoms with E-state index in [-0.39, 0.29) is 46.5 Å². The Morgan fingerprint density at radius 1 is 1.32 bits per heavy atom. The number of ether oxygens (including phenoxy) is 1. The minimum absolute atomic E-state index is 0. The van der Waals surface area contributed by atoms with Crippen molar-refractivity contribution in [2.75, 3.05) is 20.7 Å². The molecule has 1 aromatic carbocycles. The van der Waals surface area contributed by atoms with Crippen molar-refractivity contribution in [1.82, 2.24) is 10.0 Å². The van der Waals surface area contributed by atoms with E-state index in [2.05, 4.69) is 10.0 Å². The maximum absolute atomic E-state index is 12.5. The standard InChI is InChI=1S/C16H25N3O4S.ClH/c1-18-24(21,22)15-9-11(7-8-14(15)23-2)16(20)19-13-6-4-3-5-12(13)10-17;/h7-9,12-13,18H,3-6,10,17H2,1-2H3,(H,19,20);1H. The zero-order chi connectivity index (χ0) is 17.7. The van der Waals surface area contributed by atoms with Crippen LogP contribution in [0, 0.1) is 5.92 Å². The quantitative estimate of drug-likeness (QED) is 0.676. The molecule has 1 aliphatic carbocycles. The lowest BCUT2D eigenvalue weighted by Crippen LogP contribution is -2.44. The molecule has 1 aliphatic rings. The zero-order valence-corrected chi connectivity index (χ0v) is 16.1. The number of hydrogen-bond acceptors (Lipinski definition) is 5. The maximum atomic E-state index is 12.5. The topological polar surface area (TPSA) is 111 Å². The number of nitrogens with one attached hydrogen (secondary N) is 2. The molecule has 2 rings (SSSR count). The van der Waals surface area contributed by atoms with Crippen LogP contribution in [0.1, 0.15) is 36.0 Å². The molecule has 0 bridgehead atoms. The van der Waals surface area contributed by atoms with Crippen LogP contribution in [0.15, 0.2) is 23.1 Å². The van der Waals surface area contributed by atoms with Crippen LogP contribution in [0.3, 0.4) is 0 Å². The predicted octanol–water partition coefficient (Wildman–Crippen LogP) is 1.27. The Hall–Kier alpha value is -1.35. The summed E-state index contributed by atoms with van der Waals surface area (Å²) < 4.78 is 31.5. The second-order valence-electron chi connectivity index (χ2n) is 5.93. The monoisotopic (exact) mass is 391 g/mol. The molecule has 9 heteroatoms. The first-order valence-electron chi connectivity index (χ1n) is 8.05. The minimum Gasteiger partial charge on any atom is -0.495 e. The summed E-state index contributed by atoms with van der Waals surface area (Å²) in [7, 11) is -1.02. The van der Waals surface area contributed by atoms with Crippen LogP contribution in [-0.4, -0.2) is 41.1 Å². The van der Waals surface area contributed by atoms with Crippen molar-refractivity contribution in [2.24, 2.45) is 11.7 Å². The summed E-state index contributed by atoms with van der Waals surface area (Å²) in [6.45, 7) is 0.535. The van der Waals surface area contributed by atoms with E-state index in [9.17, 15) is 13.2 Å². The van der Waals surface area contributed by atoms with Crippen molar-refractivity contribution in [3.8, 4) is 5.75 Å². The SMILES string of the molecule is CNS(=O)(=O)c1cc(C(=O)NC2CCCCC2CN)ccc1OC.Cl. The molecule has 2 atom stereocenters. The van der Waals surface area contributed by atoms with E-state index in [4.69, 9.17) is 10.5 Å². The average molecular weight is 392 g/mol. The van der Waals surface area contributed by atoms with Gasteiger partial charge in [0, 0.05) is 11.6 Å². The van der Waals surface area contributed by atoms with Gasteiger partial charge in [-0.25, -0.2) is 13.1 Å². The van der Waals surface area contributed by atoms with E-state index < -0.39 is 10.0 Å². The lowest BCUT2D eigenvalue weighted by molar-refractivity contribution is 0.0908. The zero-order valence-electron chi connectivity index (χ0n) is 14.4. The first kappa shape index (κ1) is 21.7. The van der Waals surface area contributed by atoms with Gasteiger partial charge in [-0.05, 0) is 50.6 Å². The number of amides is 1. The third-order valence-electron chi connectivity index (χ3n) is 4.51. The van der Waals surface area contributed by atoms with Crippen molar-refractivity contribution >= 4 is 28.3 Å². The Kier molecular flexibility index (Phi) is 8.14. The number of methoxy groups -OCH3 is 1. The highest BCUT2D eigenvalue weighted by Crippen LogP contribution is 2.26. The van der Waals surface area contributed by atoms with Crippen LogP contribution in [0.2, 0.25) is 0 Å². The molecule has 0 aromatic heterocycles. The van der Waals surface area contributed by atoms with Crippen molar-refractivity contribution in [1.29, 1.82) is 0 Å². The van der Waals surface area contributed by atoms with E-state index >= 15 is 0 Å². The second-order valence-corrected chi connectivity index (χ2v) is 7.79. The number of carbonyl (C=O) groups excluding carboxylic acids is 1. The number of carbonyl (C=O) groups is 1. The first-order valence-corrected chi connectivity index (χ1v) is 9.53. The Morgan fingerprint density at radius 3 is 2.60 bits per heavy atom. The van der Waals surface area contributed by atoms with Gasteiger partial charge < -0.3 is 15.8 Å². The van der Waals surface area contributed by atoms with Crippen LogP contribution in [0.5, 0.6) is 5.75 Å². The summed E-state index contributed by atoms with van der Waals surface area (Å²) in [5.41, 5.74) is 6.07. The Balaban J connectivity index is 0.00000312. The van der Waals surface area contributed by atoms with Gasteiger partial charge in [0.2, 0.25) is 10.0 Å². The van der Waals surface area contributed by atoms with E-state index in [0.717, 1.165) is 25.7 Å². The van der Waals surface area contributed by atoms with E-state index in [1.165, 1.54) is 26.3 Å². The van der Waals surface area contributed by atoms with Crippen molar-refractivity contribution in [3.63, 3.8) is 0 Å². The van der Waals surface area contributed by atoms with Gasteiger partial charge in [0.25, 0.3) is 5.91 Å². The minimum atomic E-state index is -3.72. The van der Waals surface area contributed by atoms with Crippen molar-refractivity contribution < 1.29 is 17.9 Å². The molecule has 0 saturated heterocycles. The van der Waals surface area contributed by atoms with Gasteiger partial charge in [0.05, 0.1) is 7.11 Å². The fourth-order valence-corrected chi connectivity index (χ4v) is 3.99. The third kappa shape index (κ3) is 5.07. The number of benzene rings is 1. The Bertz CT molecular complexity index is 697. The molecule has 4 N–H and O–H groups in total. The highest BCUT2D eigenvalue weighted by atomic mass is 35.5. The summed E-state index contributed by atoms with van der Waals surface area (Å²) in [5.74, 6) is 0.162. The van der Waals surface area contributed by atoms with Crippen molar-refractivity contribution in [2.45, 2.75) is 36.6 Å². The highest BCUT2D eigenvalue weighted by molar-refractivity contribution is 7.89. The summed E-state index contributed by atoms with van der Waals surface area (Å²) in [5, 5.41) is 3.00. The predicted molar refractivity (Wildman–Crippen MR) is 98.8 cm³/mol. The van der Waals surface area contributed by atoms with E-state index in [1.54, 1.807) is 6.07 Å².